The largest absolute Gasteiger partial charge is 0.440 e. The summed E-state index contributed by atoms with van der Waals surface area (Å²) in [6, 6.07) is 6.19. The van der Waals surface area contributed by atoms with Crippen molar-refractivity contribution < 1.29 is 4.42 Å². The van der Waals surface area contributed by atoms with Crippen molar-refractivity contribution >= 4 is 11.1 Å². The van der Waals surface area contributed by atoms with E-state index in [0.29, 0.717) is 5.92 Å². The first-order chi connectivity index (χ1) is 8.01. The quantitative estimate of drug-likeness (QED) is 0.881. The zero-order valence-corrected chi connectivity index (χ0v) is 10.4. The van der Waals surface area contributed by atoms with Gasteiger partial charge in [-0.05, 0) is 50.8 Å². The van der Waals surface area contributed by atoms with Crippen LogP contribution in [0.5, 0.6) is 0 Å². The molecule has 0 unspecified atom stereocenters. The van der Waals surface area contributed by atoms with Crippen molar-refractivity contribution in [2.75, 3.05) is 0 Å². The lowest BCUT2D eigenvalue weighted by molar-refractivity contribution is 0.516. The maximum Gasteiger partial charge on any atom is 0.198 e. The summed E-state index contributed by atoms with van der Waals surface area (Å²) in [5.74, 6) is 1.47. The van der Waals surface area contributed by atoms with Crippen molar-refractivity contribution in [2.24, 2.45) is 5.73 Å². The second-order valence-corrected chi connectivity index (χ2v) is 5.79. The Labute approximate surface area is 101 Å². The van der Waals surface area contributed by atoms with Gasteiger partial charge in [0.05, 0.1) is 0 Å². The molecule has 3 heteroatoms. The van der Waals surface area contributed by atoms with Crippen LogP contribution in [0.15, 0.2) is 22.6 Å². The Morgan fingerprint density at radius 1 is 1.41 bits per heavy atom. The van der Waals surface area contributed by atoms with Crippen LogP contribution in [0.2, 0.25) is 0 Å². The van der Waals surface area contributed by atoms with Gasteiger partial charge in [0, 0.05) is 11.5 Å². The molecular formula is C14H18N2O. The molecular weight excluding hydrogens is 212 g/mol. The van der Waals surface area contributed by atoms with Crippen LogP contribution in [0.25, 0.3) is 11.1 Å². The van der Waals surface area contributed by atoms with Gasteiger partial charge in [0.2, 0.25) is 0 Å². The first kappa shape index (κ1) is 10.8. The van der Waals surface area contributed by atoms with Crippen LogP contribution >= 0.6 is 0 Å². The van der Waals surface area contributed by atoms with Gasteiger partial charge < -0.3 is 10.2 Å². The molecule has 0 saturated heterocycles. The van der Waals surface area contributed by atoms with Crippen molar-refractivity contribution in [1.82, 2.24) is 4.98 Å². The molecule has 0 atom stereocenters. The minimum Gasteiger partial charge on any atom is -0.440 e. The molecule has 0 aliphatic heterocycles. The highest BCUT2D eigenvalue weighted by atomic mass is 16.3. The van der Waals surface area contributed by atoms with E-state index in [4.69, 9.17) is 10.2 Å². The van der Waals surface area contributed by atoms with Crippen molar-refractivity contribution in [3.63, 3.8) is 0 Å². The van der Waals surface area contributed by atoms with Gasteiger partial charge in [-0.2, -0.15) is 0 Å². The van der Waals surface area contributed by atoms with Gasteiger partial charge in [0.25, 0.3) is 0 Å². The van der Waals surface area contributed by atoms with E-state index >= 15 is 0 Å². The fourth-order valence-electron chi connectivity index (χ4n) is 2.13. The van der Waals surface area contributed by atoms with Crippen LogP contribution in [-0.4, -0.2) is 10.5 Å². The van der Waals surface area contributed by atoms with E-state index < -0.39 is 0 Å². The summed E-state index contributed by atoms with van der Waals surface area (Å²) >= 11 is 0. The summed E-state index contributed by atoms with van der Waals surface area (Å²) in [5.41, 5.74) is 8.93. The van der Waals surface area contributed by atoms with Gasteiger partial charge in [-0.1, -0.05) is 6.07 Å². The number of nitrogens with zero attached hydrogens (tertiary/aromatic N) is 1. The average Bonchev–Trinajstić information content (AvgIpc) is 2.96. The number of nitrogens with two attached hydrogens (primary N) is 1. The lowest BCUT2D eigenvalue weighted by Crippen LogP contribution is -2.34. The molecule has 1 fully saturated rings. The van der Waals surface area contributed by atoms with Crippen LogP contribution in [0.3, 0.4) is 0 Å². The van der Waals surface area contributed by atoms with Gasteiger partial charge >= 0.3 is 0 Å². The lowest BCUT2D eigenvalue weighted by Gasteiger charge is -2.17. The fourth-order valence-corrected chi connectivity index (χ4v) is 2.13. The van der Waals surface area contributed by atoms with Crippen LogP contribution < -0.4 is 5.73 Å². The molecule has 0 bridgehead atoms. The minimum absolute atomic E-state index is 0.184. The molecule has 2 N–H and O–H groups in total. The van der Waals surface area contributed by atoms with Gasteiger partial charge in [0.1, 0.15) is 5.52 Å². The number of benzene rings is 1. The Hall–Kier alpha value is -1.35. The molecule has 1 aromatic heterocycles. The van der Waals surface area contributed by atoms with Crippen molar-refractivity contribution in [3.05, 3.63) is 29.7 Å². The third-order valence-corrected chi connectivity index (χ3v) is 3.05. The van der Waals surface area contributed by atoms with Crippen molar-refractivity contribution in [1.29, 1.82) is 0 Å². The SMILES string of the molecule is CC(C)(N)Cc1ccc2oc(C3CC3)nc2c1. The Bertz CT molecular complexity index is 547. The predicted molar refractivity (Wildman–Crippen MR) is 68.0 cm³/mol. The molecule has 2 aromatic rings. The number of fused-ring (bicyclic) bond motifs is 1. The van der Waals surface area contributed by atoms with E-state index in [9.17, 15) is 0 Å². The average molecular weight is 230 g/mol. The molecule has 1 saturated carbocycles. The van der Waals surface area contributed by atoms with E-state index in [1.807, 2.05) is 19.9 Å². The van der Waals surface area contributed by atoms with Crippen molar-refractivity contribution in [2.45, 2.75) is 44.6 Å². The third-order valence-electron chi connectivity index (χ3n) is 3.05. The van der Waals surface area contributed by atoms with Crippen LogP contribution in [0, 0.1) is 0 Å². The highest BCUT2D eigenvalue weighted by Gasteiger charge is 2.28. The summed E-state index contributed by atoms with van der Waals surface area (Å²) in [6.07, 6.45) is 3.29. The summed E-state index contributed by atoms with van der Waals surface area (Å²) in [5, 5.41) is 0. The Balaban J connectivity index is 1.94. The van der Waals surface area contributed by atoms with Gasteiger partial charge in [-0.15, -0.1) is 0 Å². The summed E-state index contributed by atoms with van der Waals surface area (Å²) < 4.78 is 5.73. The molecule has 1 heterocycles. The number of hydrogen-bond donors (Lipinski definition) is 1. The zero-order chi connectivity index (χ0) is 12.0. The molecule has 3 rings (SSSR count). The Morgan fingerprint density at radius 3 is 2.82 bits per heavy atom. The molecule has 0 radical (unpaired) electrons. The fraction of sp³-hybridized carbons (Fsp3) is 0.500. The van der Waals surface area contributed by atoms with Crippen LogP contribution in [-0.2, 0) is 6.42 Å². The maximum atomic E-state index is 6.03. The third kappa shape index (κ3) is 2.34. The molecule has 90 valence electrons. The first-order valence-corrected chi connectivity index (χ1v) is 6.19. The summed E-state index contributed by atoms with van der Waals surface area (Å²) in [4.78, 5) is 4.56. The van der Waals surface area contributed by atoms with Crippen LogP contribution in [0.1, 0.15) is 44.1 Å². The standard InChI is InChI=1S/C14H18N2O/c1-14(2,15)8-9-3-6-12-11(7-9)16-13(17-12)10-4-5-10/h3,6-7,10H,4-5,8,15H2,1-2H3. The smallest absolute Gasteiger partial charge is 0.198 e. The maximum absolute atomic E-state index is 6.03. The number of oxazole rings is 1. The highest BCUT2D eigenvalue weighted by molar-refractivity contribution is 5.73. The van der Waals surface area contributed by atoms with Gasteiger partial charge in [-0.25, -0.2) is 4.98 Å². The second kappa shape index (κ2) is 3.57. The monoisotopic (exact) mass is 230 g/mol. The number of rotatable bonds is 3. The molecule has 1 aliphatic carbocycles. The zero-order valence-electron chi connectivity index (χ0n) is 10.4. The minimum atomic E-state index is -0.184. The Morgan fingerprint density at radius 2 is 2.18 bits per heavy atom. The van der Waals surface area contributed by atoms with Gasteiger partial charge in [0.15, 0.2) is 11.5 Å². The lowest BCUT2D eigenvalue weighted by atomic mass is 9.96. The second-order valence-electron chi connectivity index (χ2n) is 5.79. The molecule has 0 spiro atoms. The van der Waals surface area contributed by atoms with Gasteiger partial charge in [-0.3, -0.25) is 0 Å². The van der Waals surface area contributed by atoms with E-state index in [1.165, 1.54) is 18.4 Å². The number of hydrogen-bond acceptors (Lipinski definition) is 3. The normalized spacial score (nSPS) is 16.6. The molecule has 1 aromatic carbocycles. The predicted octanol–water partition coefficient (Wildman–Crippen LogP) is 2.99. The van der Waals surface area contributed by atoms with Crippen LogP contribution in [0.4, 0.5) is 0 Å². The molecule has 1 aliphatic rings. The van der Waals surface area contributed by atoms with E-state index in [-0.39, 0.29) is 5.54 Å². The van der Waals surface area contributed by atoms with Crippen molar-refractivity contribution in [3.8, 4) is 0 Å². The Kier molecular flexibility index (Phi) is 2.26. The topological polar surface area (TPSA) is 52.0 Å². The van der Waals surface area contributed by atoms with E-state index in [0.717, 1.165) is 23.4 Å². The summed E-state index contributed by atoms with van der Waals surface area (Å²) in [6.45, 7) is 4.07. The highest BCUT2D eigenvalue weighted by Crippen LogP contribution is 2.40. The molecule has 0 amide bonds. The van der Waals surface area contributed by atoms with E-state index in [1.54, 1.807) is 0 Å². The van der Waals surface area contributed by atoms with E-state index in [2.05, 4.69) is 17.1 Å². The first-order valence-electron chi connectivity index (χ1n) is 6.19. The molecule has 3 nitrogen and oxygen atoms in total. The number of aromatic nitrogens is 1. The summed E-state index contributed by atoms with van der Waals surface area (Å²) in [7, 11) is 0. The molecule has 17 heavy (non-hydrogen) atoms.